The predicted molar refractivity (Wildman–Crippen MR) is 119 cm³/mol. The van der Waals surface area contributed by atoms with Gasteiger partial charge in [0.1, 0.15) is 16.4 Å². The Hall–Kier alpha value is -1.56. The van der Waals surface area contributed by atoms with Gasteiger partial charge >= 0.3 is 29.6 Å². The number of hydrogen-bond donors (Lipinski definition) is 2. The summed E-state index contributed by atoms with van der Waals surface area (Å²) in [7, 11) is 0.255. The molecule has 12 heteroatoms. The number of ether oxygens (including phenoxy) is 2. The number of rotatable bonds is 8. The standard InChI is InChI=1S/C19H22ClN3O5S2.Na/c1-21-19(29)23-30(25,26)17-10-12(4-6-16(17)28-3)8-9-22-18(24)14-11-13(20)5-7-15(14)27-2;/h4-7,10-11H,8-9H2,1-3H3,(H3,21,22,23,24,29);/q;+1/p-1. The number of halogens is 1. The van der Waals surface area contributed by atoms with E-state index in [4.69, 9.17) is 33.3 Å². The van der Waals surface area contributed by atoms with E-state index in [1.165, 1.54) is 39.5 Å². The minimum absolute atomic E-state index is 0. The van der Waals surface area contributed by atoms with Crippen molar-refractivity contribution in [2.45, 2.75) is 11.3 Å². The summed E-state index contributed by atoms with van der Waals surface area (Å²) in [4.78, 5) is 12.4. The molecule has 0 atom stereocenters. The van der Waals surface area contributed by atoms with Crippen molar-refractivity contribution in [1.82, 2.24) is 10.0 Å². The monoisotopic (exact) mass is 493 g/mol. The molecule has 0 aliphatic rings. The molecule has 0 spiro atoms. The number of thiocarbonyl (C=S) groups is 1. The number of hydrogen-bond acceptors (Lipinski definition) is 6. The molecule has 0 heterocycles. The van der Waals surface area contributed by atoms with Crippen molar-refractivity contribution in [2.75, 3.05) is 27.8 Å². The Balaban J connectivity index is 0.00000480. The van der Waals surface area contributed by atoms with Gasteiger partial charge in [-0.25, -0.2) is 8.42 Å². The average Bonchev–Trinajstić information content (AvgIpc) is 2.73. The van der Waals surface area contributed by atoms with Crippen LogP contribution in [0.15, 0.2) is 41.3 Å². The van der Waals surface area contributed by atoms with E-state index >= 15 is 0 Å². The fourth-order valence-corrected chi connectivity index (χ4v) is 4.23. The topological polar surface area (TPSA) is 108 Å². The van der Waals surface area contributed by atoms with Crippen molar-refractivity contribution in [3.8, 4) is 11.5 Å². The fraction of sp³-hybridized carbons (Fsp3) is 0.263. The van der Waals surface area contributed by atoms with Crippen LogP contribution in [0.1, 0.15) is 15.9 Å². The molecule has 0 saturated heterocycles. The number of methoxy groups -OCH3 is 2. The van der Waals surface area contributed by atoms with E-state index in [0.717, 1.165) is 0 Å². The maximum atomic E-state index is 12.6. The van der Waals surface area contributed by atoms with Crippen molar-refractivity contribution >= 4 is 44.9 Å². The first kappa shape index (κ1) is 27.5. The van der Waals surface area contributed by atoms with Gasteiger partial charge in [0.15, 0.2) is 0 Å². The molecule has 2 aromatic rings. The zero-order chi connectivity index (χ0) is 22.3. The van der Waals surface area contributed by atoms with Crippen LogP contribution in [0.5, 0.6) is 11.5 Å². The van der Waals surface area contributed by atoms with E-state index in [-0.39, 0.29) is 57.8 Å². The zero-order valence-electron chi connectivity index (χ0n) is 17.6. The van der Waals surface area contributed by atoms with Gasteiger partial charge in [0.25, 0.3) is 5.91 Å². The van der Waals surface area contributed by atoms with Gasteiger partial charge in [0.2, 0.25) is 10.0 Å². The second kappa shape index (κ2) is 12.5. The molecule has 1 amide bonds. The number of nitrogens with zero attached hydrogens (tertiary/aromatic N) is 1. The summed E-state index contributed by atoms with van der Waals surface area (Å²) in [5.41, 5.74) is 0.984. The first-order valence-electron chi connectivity index (χ1n) is 8.67. The molecule has 0 radical (unpaired) electrons. The normalized spacial score (nSPS) is 10.5. The number of sulfonamides is 1. The fourth-order valence-electron chi connectivity index (χ4n) is 2.58. The summed E-state index contributed by atoms with van der Waals surface area (Å²) >= 11 is 10.8. The molecule has 31 heavy (non-hydrogen) atoms. The minimum atomic E-state index is -3.96. The Kier molecular flexibility index (Phi) is 11.1. The van der Waals surface area contributed by atoms with E-state index in [1.807, 2.05) is 0 Å². The van der Waals surface area contributed by atoms with Crippen LogP contribution in [0, 0.1) is 0 Å². The van der Waals surface area contributed by atoms with Crippen molar-refractivity contribution in [1.29, 1.82) is 0 Å². The van der Waals surface area contributed by atoms with Gasteiger partial charge in [-0.1, -0.05) is 36.9 Å². The van der Waals surface area contributed by atoms with Gasteiger partial charge in [-0.3, -0.25) is 4.79 Å². The Morgan fingerprint density at radius 1 is 1.13 bits per heavy atom. The van der Waals surface area contributed by atoms with E-state index < -0.39 is 10.0 Å². The molecule has 0 unspecified atom stereocenters. The second-order valence-corrected chi connectivity index (χ2v) is 8.44. The maximum absolute atomic E-state index is 12.6. The van der Waals surface area contributed by atoms with Crippen LogP contribution >= 0.6 is 23.8 Å². The smallest absolute Gasteiger partial charge is 0.496 e. The van der Waals surface area contributed by atoms with Gasteiger partial charge in [0, 0.05) is 16.7 Å². The molecule has 0 aromatic heterocycles. The quantitative estimate of drug-likeness (QED) is 0.393. The first-order valence-corrected chi connectivity index (χ1v) is 10.9. The Morgan fingerprint density at radius 3 is 2.39 bits per heavy atom. The molecule has 8 nitrogen and oxygen atoms in total. The Bertz CT molecular complexity index is 1050. The molecule has 0 bridgehead atoms. The van der Waals surface area contributed by atoms with E-state index in [1.54, 1.807) is 18.2 Å². The van der Waals surface area contributed by atoms with Crippen molar-refractivity contribution in [3.05, 3.63) is 57.9 Å². The molecule has 0 aliphatic carbocycles. The predicted octanol–water partition coefficient (Wildman–Crippen LogP) is -0.0996. The van der Waals surface area contributed by atoms with Crippen LogP contribution < -0.4 is 49.1 Å². The number of amides is 1. The molecule has 162 valence electrons. The van der Waals surface area contributed by atoms with E-state index in [9.17, 15) is 13.2 Å². The second-order valence-electron chi connectivity index (χ2n) is 5.97. The van der Waals surface area contributed by atoms with Crippen LogP contribution in [0.25, 0.3) is 5.32 Å². The summed E-state index contributed by atoms with van der Waals surface area (Å²) in [5.74, 6) is 0.211. The van der Waals surface area contributed by atoms with Crippen molar-refractivity contribution in [2.24, 2.45) is 0 Å². The van der Waals surface area contributed by atoms with Gasteiger partial charge < -0.3 is 24.8 Å². The number of benzene rings is 2. The first-order chi connectivity index (χ1) is 14.2. The molecule has 2 rings (SSSR count). The molecule has 0 saturated carbocycles. The third-order valence-electron chi connectivity index (χ3n) is 4.05. The zero-order valence-corrected chi connectivity index (χ0v) is 22.0. The molecule has 0 aliphatic heterocycles. The number of nitrogens with one attached hydrogen (secondary N) is 2. The molecule has 2 N–H and O–H groups in total. The minimum Gasteiger partial charge on any atom is -0.496 e. The number of carbonyl (C=O) groups is 1. The molecular weight excluding hydrogens is 473 g/mol. The molecule has 2 aromatic carbocycles. The Labute approximate surface area is 214 Å². The van der Waals surface area contributed by atoms with Crippen LogP contribution in [0.4, 0.5) is 0 Å². The summed E-state index contributed by atoms with van der Waals surface area (Å²) in [6, 6.07) is 9.47. The van der Waals surface area contributed by atoms with Crippen LogP contribution in [-0.4, -0.2) is 47.2 Å². The third-order valence-corrected chi connectivity index (χ3v) is 6.06. The van der Waals surface area contributed by atoms with Crippen LogP contribution in [-0.2, 0) is 16.4 Å². The van der Waals surface area contributed by atoms with Gasteiger partial charge in [-0.05, 0) is 42.3 Å². The van der Waals surface area contributed by atoms with Crippen molar-refractivity contribution in [3.63, 3.8) is 0 Å². The molecule has 0 fully saturated rings. The third kappa shape index (κ3) is 7.51. The summed E-state index contributed by atoms with van der Waals surface area (Å²) < 4.78 is 37.7. The van der Waals surface area contributed by atoms with E-state index in [2.05, 4.69) is 15.4 Å². The summed E-state index contributed by atoms with van der Waals surface area (Å²) in [6.45, 7) is 0.260. The largest absolute Gasteiger partial charge is 1.00 e. The van der Waals surface area contributed by atoms with Crippen LogP contribution in [0.2, 0.25) is 5.02 Å². The Morgan fingerprint density at radius 2 is 1.77 bits per heavy atom. The van der Waals surface area contributed by atoms with Crippen LogP contribution in [0.3, 0.4) is 0 Å². The molecular formula is C19H21ClN3NaO5S2. The van der Waals surface area contributed by atoms with Gasteiger partial charge in [-0.15, -0.1) is 0 Å². The van der Waals surface area contributed by atoms with Gasteiger partial charge in [-0.2, -0.15) is 0 Å². The summed E-state index contributed by atoms with van der Waals surface area (Å²) in [6.07, 6.45) is 0.379. The SMILES string of the molecule is C[N-]C(=S)NS(=O)(=O)c1cc(CCNC(=O)c2cc(Cl)ccc2OC)ccc1OC.[Na+]. The number of carbonyl (C=O) groups excluding carboxylic acids is 1. The maximum Gasteiger partial charge on any atom is 1.00 e. The summed E-state index contributed by atoms with van der Waals surface area (Å²) in [5, 5.41) is 6.65. The van der Waals surface area contributed by atoms with Gasteiger partial charge in [0.05, 0.1) is 19.8 Å². The van der Waals surface area contributed by atoms with Crippen molar-refractivity contribution < 1.29 is 52.2 Å². The van der Waals surface area contributed by atoms with E-state index in [0.29, 0.717) is 28.3 Å². The average molecular weight is 494 g/mol.